The lowest BCUT2D eigenvalue weighted by Gasteiger charge is -2.47. The minimum atomic E-state index is -5.17. The molecule has 0 aromatic heterocycles. The van der Waals surface area contributed by atoms with E-state index in [-0.39, 0.29) is 25.4 Å². The van der Waals surface area contributed by atoms with E-state index in [2.05, 4.69) is 12.5 Å². The van der Waals surface area contributed by atoms with E-state index in [9.17, 15) is 80.3 Å². The number of ether oxygens (including phenoxy) is 16. The summed E-state index contributed by atoms with van der Waals surface area (Å²) in [6, 6.07) is -5.67. The van der Waals surface area contributed by atoms with E-state index in [1.807, 2.05) is 0 Å². The molecule has 0 bridgehead atoms. The molecule has 41 nitrogen and oxygen atoms in total. The summed E-state index contributed by atoms with van der Waals surface area (Å²) >= 11 is 0. The van der Waals surface area contributed by atoms with Gasteiger partial charge < -0.3 is 145 Å². The Kier molecular flexibility index (Phi) is 26.2. The summed E-state index contributed by atoms with van der Waals surface area (Å²) in [6.07, 6.45) is -40.3. The summed E-state index contributed by atoms with van der Waals surface area (Å²) in [5, 5.41) is 99.5. The van der Waals surface area contributed by atoms with Crippen molar-refractivity contribution in [3.8, 4) is 0 Å². The normalized spacial score (nSPS) is 47.0. The van der Waals surface area contributed by atoms with Crippen LogP contribution < -0.4 is 22.9 Å². The van der Waals surface area contributed by atoms with E-state index in [0.717, 1.165) is 0 Å². The summed E-state index contributed by atoms with van der Waals surface area (Å²) in [5.74, 6) is -0.251. The molecule has 526 valence electrons. The molecule has 0 aromatic rings. The van der Waals surface area contributed by atoms with Gasteiger partial charge in [0.2, 0.25) is 0 Å². The lowest BCUT2D eigenvalue weighted by Crippen LogP contribution is -2.66. The van der Waals surface area contributed by atoms with Crippen molar-refractivity contribution in [3.63, 3.8) is 0 Å². The van der Waals surface area contributed by atoms with Crippen LogP contribution in [-0.2, 0) is 120 Å². The number of rotatable bonds is 25. The Morgan fingerprint density at radius 3 is 0.944 bits per heavy atom. The Labute approximate surface area is 514 Å². The van der Waals surface area contributed by atoms with E-state index < -0.39 is 281 Å². The van der Waals surface area contributed by atoms with Gasteiger partial charge in [0.15, 0.2) is 50.3 Å². The third-order valence-electron chi connectivity index (χ3n) is 16.2. The molecule has 8 fully saturated rings. The maximum atomic E-state index is 11.7. The fraction of sp³-hybridized carbons (Fsp3) is 1.00. The van der Waals surface area contributed by atoms with Gasteiger partial charge in [0.05, 0.1) is 101 Å². The molecule has 44 heteroatoms. The van der Waals surface area contributed by atoms with Crippen LogP contribution in [-0.4, -0.2) is 335 Å². The van der Waals surface area contributed by atoms with Crippen LogP contribution in [0, 0.1) is 5.92 Å². The average molecular weight is 1380 g/mol. The molecule has 0 amide bonds. The minimum Gasteiger partial charge on any atom is -0.394 e. The fourth-order valence-electron chi connectivity index (χ4n) is 11.1. The van der Waals surface area contributed by atoms with Gasteiger partial charge in [-0.1, -0.05) is 6.92 Å². The van der Waals surface area contributed by atoms with Crippen molar-refractivity contribution in [2.24, 2.45) is 28.9 Å². The van der Waals surface area contributed by atoms with E-state index in [1.54, 1.807) is 6.92 Å². The van der Waals surface area contributed by atoms with Gasteiger partial charge in [0.25, 0.3) is 0 Å². The van der Waals surface area contributed by atoms with Gasteiger partial charge in [-0.05, 0) is 0 Å². The lowest BCUT2D eigenvalue weighted by molar-refractivity contribution is -0.350. The first-order chi connectivity index (χ1) is 42.2. The van der Waals surface area contributed by atoms with Crippen molar-refractivity contribution >= 4 is 31.2 Å². The number of nitrogens with two attached hydrogens (primary N) is 4. The zero-order valence-electron chi connectivity index (χ0n) is 48.1. The Balaban J connectivity index is 0.812. The largest absolute Gasteiger partial charge is 0.397 e. The lowest BCUT2D eigenvalue weighted by atomic mass is 9.96. The summed E-state index contributed by atoms with van der Waals surface area (Å²) in [6.45, 7) is -3.24. The van der Waals surface area contributed by atoms with E-state index in [1.165, 1.54) is 7.11 Å². The molecule has 8 rings (SSSR count). The van der Waals surface area contributed by atoms with Crippen LogP contribution in [0.2, 0.25) is 0 Å². The quantitative estimate of drug-likeness (QED) is 0.0378. The number of methoxy groups -OCH3 is 1. The van der Waals surface area contributed by atoms with E-state index >= 15 is 0 Å². The van der Waals surface area contributed by atoms with Gasteiger partial charge in [-0.3, -0.25) is 13.7 Å². The molecule has 0 spiro atoms. The molecule has 8 aliphatic heterocycles. The zero-order chi connectivity index (χ0) is 65.9. The molecule has 8 heterocycles. The van der Waals surface area contributed by atoms with Crippen LogP contribution in [0.1, 0.15) is 32.6 Å². The van der Waals surface area contributed by atoms with Crippen molar-refractivity contribution in [3.05, 3.63) is 0 Å². The highest BCUT2D eigenvalue weighted by molar-refractivity contribution is 7.81. The van der Waals surface area contributed by atoms with Crippen LogP contribution in [0.4, 0.5) is 0 Å². The highest BCUT2D eigenvalue weighted by atomic mass is 32.3. The van der Waals surface area contributed by atoms with Gasteiger partial charge in [0, 0.05) is 38.7 Å². The van der Waals surface area contributed by atoms with Gasteiger partial charge in [0.1, 0.15) is 91.6 Å². The number of hydrogen-bond acceptors (Lipinski definition) is 38. The Morgan fingerprint density at radius 2 is 0.667 bits per heavy atom. The molecular weight excluding hydrogens is 1300 g/mol. The molecule has 90 heavy (non-hydrogen) atoms. The second kappa shape index (κ2) is 31.8. The predicted octanol–water partition coefficient (Wildman–Crippen LogP) is -10.5. The highest BCUT2D eigenvalue weighted by Gasteiger charge is 2.54. The van der Waals surface area contributed by atoms with E-state index in [0.29, 0.717) is 0 Å². The monoisotopic (exact) mass is 1380 g/mol. The molecular formula is C46H82N4O37S3. The SMILES string of the molecule is CO[C@H]1OC(COS(=O)(=O)O)[C@@H](O[C@H]2C[C@H](O)[C@H](O[C@H]3OC(CO)[C@@H](O[C@H]4C[C@H](O)[C@H](O[C@@H]5OC(COS(=O)(=O)O)[C@@H](O[C@H]6C[C@H](O)[C@H](O[C@@H]7OC(COS(=O)(=O)O)[C@@H](O[C@H]8C[C@H](O)[C@H](C)CO8)[C@H](O)C7N)CO6)[C@H](O)C5N)CO4)[C@H](O)C3N)CO2)[C@H](O)C1N. The van der Waals surface area contributed by atoms with Gasteiger partial charge >= 0.3 is 31.2 Å². The molecule has 32 atom stereocenters. The smallest absolute Gasteiger partial charge is 0.394 e. The fourth-order valence-corrected chi connectivity index (χ4v) is 12.0. The summed E-state index contributed by atoms with van der Waals surface area (Å²) in [4.78, 5) is 0. The third kappa shape index (κ3) is 19.4. The molecule has 0 aromatic carbocycles. The maximum absolute atomic E-state index is 11.7. The van der Waals surface area contributed by atoms with Crippen LogP contribution >= 0.6 is 0 Å². The molecule has 8 aliphatic rings. The molecule has 0 radical (unpaired) electrons. The Hall–Kier alpha value is -1.55. The second-order valence-corrected chi connectivity index (χ2v) is 25.9. The van der Waals surface area contributed by atoms with Crippen molar-refractivity contribution in [2.45, 2.75) is 223 Å². The Bertz CT molecular complexity index is 2600. The van der Waals surface area contributed by atoms with Crippen molar-refractivity contribution in [1.29, 1.82) is 0 Å². The van der Waals surface area contributed by atoms with Crippen LogP contribution in [0.3, 0.4) is 0 Å². The number of aliphatic hydroxyl groups is 9. The maximum Gasteiger partial charge on any atom is 0.397 e. The minimum absolute atomic E-state index is 0.0383. The van der Waals surface area contributed by atoms with Crippen molar-refractivity contribution in [1.82, 2.24) is 0 Å². The number of aliphatic hydroxyl groups excluding tert-OH is 9. The first-order valence-electron chi connectivity index (χ1n) is 28.3. The molecule has 0 saturated carbocycles. The van der Waals surface area contributed by atoms with Crippen LogP contribution in [0.25, 0.3) is 0 Å². The molecule has 0 aliphatic carbocycles. The van der Waals surface area contributed by atoms with Crippen molar-refractivity contribution < 1.29 is 173 Å². The summed E-state index contributed by atoms with van der Waals surface area (Å²) in [7, 11) is -14.0. The number of hydrogen-bond donors (Lipinski definition) is 16. The third-order valence-corrected chi connectivity index (χ3v) is 17.5. The van der Waals surface area contributed by atoms with Crippen LogP contribution in [0.15, 0.2) is 0 Å². The topological polar surface area (TPSA) is 625 Å². The first kappa shape index (κ1) is 74.2. The summed E-state index contributed by atoms with van der Waals surface area (Å²) in [5.41, 5.74) is 25.0. The Morgan fingerprint density at radius 1 is 0.400 bits per heavy atom. The standard InChI is InChI=1S/C46H82N4O37S3/c1-15-8-70-27(3-16(15)52)85-41-25(13-75-89(63,64)65)82-45(33(49)37(41)58)80-23-11-73-30(6-19(23)55)87-42-26(14-76-90(66,67)68)83-46(34(50)38(42)59)79-22-10-71-28(4-17(22)53)84-39-20(7-51)77-44(32(48)36(39)57)78-21-9-72-29(5-18(21)54)86-40-24(12-74-88(60,61)62)81-43(69-2)31(47)35(40)56/h15-46,51-59H,3-14,47-50H2,1-2H3,(H,60,61,62)(H,63,64,65)(H,66,67,68)/t15-,16+,17+,18+,19+,20?,21-,22-,23-,24?,25?,26?,27+,28+,29+,30+,31?,32?,33?,34?,35-,36-,37-,38-,39-,40-,41-,42-,43+,44-,45-,46-/m1/s1. The van der Waals surface area contributed by atoms with Gasteiger partial charge in [-0.2, -0.15) is 25.3 Å². The first-order valence-corrected chi connectivity index (χ1v) is 32.4. The average Bonchev–Trinajstić information content (AvgIpc) is 0.846. The second-order valence-electron chi connectivity index (χ2n) is 22.7. The summed E-state index contributed by atoms with van der Waals surface area (Å²) < 4.78 is 203. The predicted molar refractivity (Wildman–Crippen MR) is 282 cm³/mol. The zero-order valence-corrected chi connectivity index (χ0v) is 50.5. The van der Waals surface area contributed by atoms with Crippen LogP contribution in [0.5, 0.6) is 0 Å². The molecule has 20 N–H and O–H groups in total. The highest BCUT2D eigenvalue weighted by Crippen LogP contribution is 2.36. The van der Waals surface area contributed by atoms with Gasteiger partial charge in [-0.25, -0.2) is 12.5 Å². The van der Waals surface area contributed by atoms with Crippen molar-refractivity contribution in [2.75, 3.05) is 60.0 Å². The molecule has 8 unspecified atom stereocenters. The molecule has 8 saturated heterocycles. The van der Waals surface area contributed by atoms with Gasteiger partial charge in [-0.15, -0.1) is 0 Å². The van der Waals surface area contributed by atoms with E-state index in [4.69, 9.17) is 103 Å².